The highest BCUT2D eigenvalue weighted by atomic mass is 16.3. The number of carbonyl (C=O) groups excluding carboxylic acids is 1. The van der Waals surface area contributed by atoms with Crippen LogP contribution in [-0.4, -0.2) is 24.2 Å². The summed E-state index contributed by atoms with van der Waals surface area (Å²) in [6, 6.07) is 0. The van der Waals surface area contributed by atoms with Crippen LogP contribution in [0.5, 0.6) is 0 Å². The number of rotatable bonds is 5. The molecule has 3 rings (SSSR count). The van der Waals surface area contributed by atoms with Crippen molar-refractivity contribution in [2.24, 2.45) is 23.2 Å². The van der Waals surface area contributed by atoms with E-state index in [4.69, 9.17) is 0 Å². The zero-order chi connectivity index (χ0) is 11.9. The zero-order valence-electron chi connectivity index (χ0n) is 10.5. The lowest BCUT2D eigenvalue weighted by Gasteiger charge is -2.21. The molecule has 2 N–H and O–H groups in total. The van der Waals surface area contributed by atoms with Crippen molar-refractivity contribution < 1.29 is 9.90 Å². The first-order valence-electron chi connectivity index (χ1n) is 7.08. The van der Waals surface area contributed by atoms with E-state index in [0.717, 1.165) is 31.1 Å². The Morgan fingerprint density at radius 1 is 1.29 bits per heavy atom. The van der Waals surface area contributed by atoms with Gasteiger partial charge in [0.25, 0.3) is 0 Å². The molecule has 0 aromatic rings. The summed E-state index contributed by atoms with van der Waals surface area (Å²) in [6.07, 6.45) is 8.26. The summed E-state index contributed by atoms with van der Waals surface area (Å²) in [7, 11) is 0. The van der Waals surface area contributed by atoms with Crippen molar-refractivity contribution in [3.63, 3.8) is 0 Å². The monoisotopic (exact) mass is 237 g/mol. The number of carbonyl (C=O) groups is 1. The molecule has 2 bridgehead atoms. The molecule has 3 saturated carbocycles. The second-order valence-corrected chi connectivity index (χ2v) is 6.57. The zero-order valence-corrected chi connectivity index (χ0v) is 10.5. The minimum absolute atomic E-state index is 0.0460. The van der Waals surface area contributed by atoms with Gasteiger partial charge in [0.15, 0.2) is 0 Å². The first kappa shape index (κ1) is 11.5. The molecule has 3 atom stereocenters. The molecule has 96 valence electrons. The van der Waals surface area contributed by atoms with Crippen LogP contribution in [0.1, 0.15) is 44.9 Å². The van der Waals surface area contributed by atoms with Gasteiger partial charge in [0.05, 0.1) is 6.61 Å². The summed E-state index contributed by atoms with van der Waals surface area (Å²) < 4.78 is 0. The standard InChI is InChI=1S/C14H23NO2/c16-9-14(3-4-14)8-15-13(17)7-12-6-10-1-2-11(12)5-10/h10-12,16H,1-9H2,(H,15,17)/t10-,11-,12+/m0/s1. The molecule has 3 aliphatic rings. The number of hydrogen-bond donors (Lipinski definition) is 2. The van der Waals surface area contributed by atoms with Crippen molar-refractivity contribution in [3.8, 4) is 0 Å². The highest BCUT2D eigenvalue weighted by molar-refractivity contribution is 5.76. The predicted octanol–water partition coefficient (Wildman–Crippen LogP) is 1.70. The fourth-order valence-electron chi connectivity index (χ4n) is 3.79. The number of fused-ring (bicyclic) bond motifs is 2. The van der Waals surface area contributed by atoms with E-state index in [0.29, 0.717) is 12.5 Å². The molecule has 3 fully saturated rings. The lowest BCUT2D eigenvalue weighted by molar-refractivity contribution is -0.122. The van der Waals surface area contributed by atoms with Crippen LogP contribution in [0.3, 0.4) is 0 Å². The van der Waals surface area contributed by atoms with Gasteiger partial charge in [-0.25, -0.2) is 0 Å². The molecule has 0 aromatic carbocycles. The summed E-state index contributed by atoms with van der Waals surface area (Å²) in [5.41, 5.74) is 0.0460. The van der Waals surface area contributed by atoms with Gasteiger partial charge in [-0.05, 0) is 49.9 Å². The Bertz CT molecular complexity index is 311. The second-order valence-electron chi connectivity index (χ2n) is 6.57. The fraction of sp³-hybridized carbons (Fsp3) is 0.929. The minimum atomic E-state index is 0.0460. The quantitative estimate of drug-likeness (QED) is 0.764. The van der Waals surface area contributed by atoms with Gasteiger partial charge in [0, 0.05) is 18.4 Å². The third kappa shape index (κ3) is 2.35. The number of hydrogen-bond acceptors (Lipinski definition) is 2. The SMILES string of the molecule is O=C(C[C@H]1C[C@H]2CC[C@H]1C2)NCC1(CO)CC1. The fourth-order valence-corrected chi connectivity index (χ4v) is 3.79. The number of nitrogens with one attached hydrogen (secondary N) is 1. The van der Waals surface area contributed by atoms with E-state index in [1.807, 2.05) is 0 Å². The summed E-state index contributed by atoms with van der Waals surface area (Å²) >= 11 is 0. The summed E-state index contributed by atoms with van der Waals surface area (Å²) in [6.45, 7) is 0.907. The van der Waals surface area contributed by atoms with Crippen LogP contribution >= 0.6 is 0 Å². The van der Waals surface area contributed by atoms with E-state index >= 15 is 0 Å². The van der Waals surface area contributed by atoms with Gasteiger partial charge in [-0.1, -0.05) is 6.42 Å². The van der Waals surface area contributed by atoms with E-state index in [9.17, 15) is 9.90 Å². The Hall–Kier alpha value is -0.570. The van der Waals surface area contributed by atoms with Crippen molar-refractivity contribution in [1.82, 2.24) is 5.32 Å². The molecule has 0 aromatic heterocycles. The normalized spacial score (nSPS) is 37.1. The third-order valence-electron chi connectivity index (χ3n) is 5.29. The van der Waals surface area contributed by atoms with E-state index < -0.39 is 0 Å². The molecule has 0 heterocycles. The first-order valence-corrected chi connectivity index (χ1v) is 7.08. The molecule has 3 aliphatic carbocycles. The second kappa shape index (κ2) is 4.27. The van der Waals surface area contributed by atoms with Gasteiger partial charge in [-0.15, -0.1) is 0 Å². The smallest absolute Gasteiger partial charge is 0.220 e. The molecule has 0 saturated heterocycles. The van der Waals surface area contributed by atoms with Crippen molar-refractivity contribution in [2.75, 3.05) is 13.2 Å². The molecule has 1 amide bonds. The molecule has 3 nitrogen and oxygen atoms in total. The van der Waals surface area contributed by atoms with Gasteiger partial charge in [-0.3, -0.25) is 4.79 Å². The van der Waals surface area contributed by atoms with Crippen LogP contribution in [0, 0.1) is 23.2 Å². The van der Waals surface area contributed by atoms with Crippen LogP contribution in [-0.2, 0) is 4.79 Å². The van der Waals surface area contributed by atoms with Crippen LogP contribution < -0.4 is 5.32 Å². The molecule has 3 heteroatoms. The van der Waals surface area contributed by atoms with E-state index in [1.54, 1.807) is 0 Å². The maximum atomic E-state index is 11.9. The summed E-state index contributed by atoms with van der Waals surface area (Å²) in [5, 5.41) is 12.2. The first-order chi connectivity index (χ1) is 8.21. The average Bonchev–Trinajstić information content (AvgIpc) is 2.83. The van der Waals surface area contributed by atoms with Crippen LogP contribution in [0.2, 0.25) is 0 Å². The van der Waals surface area contributed by atoms with Crippen LogP contribution in [0.15, 0.2) is 0 Å². The van der Waals surface area contributed by atoms with Gasteiger partial charge < -0.3 is 10.4 Å². The Balaban J connectivity index is 1.42. The third-order valence-corrected chi connectivity index (χ3v) is 5.29. The van der Waals surface area contributed by atoms with Gasteiger partial charge >= 0.3 is 0 Å². The van der Waals surface area contributed by atoms with Crippen molar-refractivity contribution in [1.29, 1.82) is 0 Å². The van der Waals surface area contributed by atoms with Gasteiger partial charge in [0.2, 0.25) is 5.91 Å². The van der Waals surface area contributed by atoms with Gasteiger partial charge in [0.1, 0.15) is 0 Å². The summed E-state index contributed by atoms with van der Waals surface area (Å²) in [5.74, 6) is 2.61. The van der Waals surface area contributed by atoms with Crippen LogP contribution in [0.4, 0.5) is 0 Å². The molecular weight excluding hydrogens is 214 g/mol. The molecule has 0 unspecified atom stereocenters. The molecular formula is C14H23NO2. The highest BCUT2D eigenvalue weighted by Gasteiger charge is 2.43. The van der Waals surface area contributed by atoms with E-state index in [1.165, 1.54) is 25.7 Å². The molecule has 17 heavy (non-hydrogen) atoms. The van der Waals surface area contributed by atoms with Crippen molar-refractivity contribution >= 4 is 5.91 Å². The Labute approximate surface area is 103 Å². The number of aliphatic hydroxyl groups excluding tert-OH is 1. The maximum absolute atomic E-state index is 11.9. The molecule has 0 aliphatic heterocycles. The lowest BCUT2D eigenvalue weighted by atomic mass is 9.86. The Morgan fingerprint density at radius 3 is 2.65 bits per heavy atom. The minimum Gasteiger partial charge on any atom is -0.396 e. The highest BCUT2D eigenvalue weighted by Crippen LogP contribution is 2.49. The number of amides is 1. The molecule has 0 radical (unpaired) electrons. The number of aliphatic hydroxyl groups is 1. The molecule has 0 spiro atoms. The Kier molecular flexibility index (Phi) is 2.89. The average molecular weight is 237 g/mol. The lowest BCUT2D eigenvalue weighted by Crippen LogP contribution is -2.33. The van der Waals surface area contributed by atoms with Gasteiger partial charge in [-0.2, -0.15) is 0 Å². The topological polar surface area (TPSA) is 49.3 Å². The van der Waals surface area contributed by atoms with E-state index in [2.05, 4.69) is 5.32 Å². The maximum Gasteiger partial charge on any atom is 0.220 e. The predicted molar refractivity (Wildman–Crippen MR) is 65.3 cm³/mol. The van der Waals surface area contributed by atoms with Crippen molar-refractivity contribution in [2.45, 2.75) is 44.9 Å². The van der Waals surface area contributed by atoms with Crippen LogP contribution in [0.25, 0.3) is 0 Å². The summed E-state index contributed by atoms with van der Waals surface area (Å²) in [4.78, 5) is 11.9. The largest absolute Gasteiger partial charge is 0.396 e. The Morgan fingerprint density at radius 2 is 2.12 bits per heavy atom. The van der Waals surface area contributed by atoms with E-state index in [-0.39, 0.29) is 17.9 Å². The van der Waals surface area contributed by atoms with Crippen molar-refractivity contribution in [3.05, 3.63) is 0 Å².